The highest BCUT2D eigenvalue weighted by Crippen LogP contribution is 2.38. The van der Waals surface area contributed by atoms with Crippen molar-refractivity contribution < 1.29 is 0 Å². The van der Waals surface area contributed by atoms with Gasteiger partial charge in [-0.05, 0) is 68.4 Å². The van der Waals surface area contributed by atoms with Gasteiger partial charge in [0.05, 0.1) is 11.4 Å². The van der Waals surface area contributed by atoms with Crippen LogP contribution in [-0.4, -0.2) is 15.0 Å². The largest absolute Gasteiger partial charge is 0.155 e. The summed E-state index contributed by atoms with van der Waals surface area (Å²) in [6.45, 7) is 4.62. The second-order valence-corrected chi connectivity index (χ2v) is 11.1. The Labute approximate surface area is 188 Å². The van der Waals surface area contributed by atoms with Gasteiger partial charge in [0, 0.05) is 17.2 Å². The van der Waals surface area contributed by atoms with Crippen LogP contribution in [-0.2, 0) is 6.42 Å². The maximum Gasteiger partial charge on any atom is 0.0662 e. The van der Waals surface area contributed by atoms with Crippen LogP contribution < -0.4 is 0 Å². The lowest BCUT2D eigenvalue weighted by Gasteiger charge is -2.31. The predicted octanol–water partition coefficient (Wildman–Crippen LogP) is 8.24. The average Bonchev–Trinajstić information content (AvgIpc) is 2.76. The number of rotatable bonds is 10. The first-order chi connectivity index (χ1) is 14.2. The maximum absolute atomic E-state index is 4.67. The number of aromatic nitrogens is 2. The summed E-state index contributed by atoms with van der Waals surface area (Å²) < 4.78 is 0. The lowest BCUT2D eigenvalue weighted by molar-refractivity contribution is 0.258. The Kier molecular flexibility index (Phi) is 9.95. The molecule has 2 aliphatic carbocycles. The Balaban J connectivity index is 1.41. The Bertz CT molecular complexity index is 557. The summed E-state index contributed by atoms with van der Waals surface area (Å²) in [5.74, 6) is 3.41. The average molecular weight is 464 g/mol. The molecule has 1 heterocycles. The van der Waals surface area contributed by atoms with E-state index in [1.165, 1.54) is 101 Å². The summed E-state index contributed by atoms with van der Waals surface area (Å²) in [6.07, 6.45) is 20.4. The summed E-state index contributed by atoms with van der Waals surface area (Å²) in [6, 6.07) is 4.54. The molecule has 0 saturated heterocycles. The predicted molar refractivity (Wildman–Crippen MR) is 128 cm³/mol. The van der Waals surface area contributed by atoms with Gasteiger partial charge in [-0.15, -0.1) is 0 Å². The molecule has 2 fully saturated rings. The van der Waals surface area contributed by atoms with Gasteiger partial charge in [0.25, 0.3) is 0 Å². The molecule has 0 radical (unpaired) electrons. The standard InChI is InChI=1S/C26H43BrN2/c1-3-5-6-8-21-11-15-23(16-12-21)26-18-17-24(28-29-26)19-25(27)22-13-9-20(7-4-2)10-14-22/h17-18,20-23,25H,3-16,19H2,1-2H3. The fourth-order valence-electron chi connectivity index (χ4n) is 5.74. The molecular weight excluding hydrogens is 420 g/mol. The number of nitrogens with zero attached hydrogens (tertiary/aromatic N) is 2. The lowest BCUT2D eigenvalue weighted by atomic mass is 9.78. The SMILES string of the molecule is CCCCCC1CCC(c2ccc(CC(Br)C3CCC(CCC)CC3)nn2)CC1. The smallest absolute Gasteiger partial charge is 0.0662 e. The van der Waals surface area contributed by atoms with Crippen molar-refractivity contribution in [1.82, 2.24) is 10.2 Å². The Morgan fingerprint density at radius 2 is 1.52 bits per heavy atom. The van der Waals surface area contributed by atoms with Crippen molar-refractivity contribution in [2.75, 3.05) is 0 Å². The van der Waals surface area contributed by atoms with Crippen LogP contribution in [0.3, 0.4) is 0 Å². The molecule has 1 unspecified atom stereocenters. The van der Waals surface area contributed by atoms with Crippen LogP contribution in [0.1, 0.15) is 121 Å². The van der Waals surface area contributed by atoms with Gasteiger partial charge in [-0.25, -0.2) is 0 Å². The maximum atomic E-state index is 4.67. The summed E-state index contributed by atoms with van der Waals surface area (Å²) in [5.41, 5.74) is 2.41. The van der Waals surface area contributed by atoms with Crippen molar-refractivity contribution >= 4 is 15.9 Å². The van der Waals surface area contributed by atoms with E-state index in [4.69, 9.17) is 0 Å². The highest BCUT2D eigenvalue weighted by atomic mass is 79.9. The van der Waals surface area contributed by atoms with E-state index >= 15 is 0 Å². The molecule has 3 heteroatoms. The monoisotopic (exact) mass is 462 g/mol. The first-order valence-electron chi connectivity index (χ1n) is 12.7. The van der Waals surface area contributed by atoms with E-state index < -0.39 is 0 Å². The van der Waals surface area contributed by atoms with Crippen LogP contribution in [0.25, 0.3) is 0 Å². The highest BCUT2D eigenvalue weighted by Gasteiger charge is 2.27. The van der Waals surface area contributed by atoms with Crippen molar-refractivity contribution in [2.45, 2.75) is 121 Å². The summed E-state index contributed by atoms with van der Waals surface area (Å²) in [7, 11) is 0. The van der Waals surface area contributed by atoms with Crippen LogP contribution in [0.5, 0.6) is 0 Å². The zero-order valence-corrected chi connectivity index (χ0v) is 20.5. The minimum Gasteiger partial charge on any atom is -0.155 e. The van der Waals surface area contributed by atoms with E-state index in [0.717, 1.165) is 24.2 Å². The van der Waals surface area contributed by atoms with E-state index in [1.807, 2.05) is 0 Å². The van der Waals surface area contributed by atoms with E-state index in [-0.39, 0.29) is 0 Å². The third kappa shape index (κ3) is 7.33. The molecule has 0 aromatic carbocycles. The minimum atomic E-state index is 0.559. The molecule has 3 rings (SSSR count). The quantitative estimate of drug-likeness (QED) is 0.258. The molecule has 0 aliphatic heterocycles. The Hall–Kier alpha value is -0.440. The van der Waals surface area contributed by atoms with E-state index in [2.05, 4.69) is 52.1 Å². The van der Waals surface area contributed by atoms with Crippen LogP contribution in [0, 0.1) is 17.8 Å². The summed E-state index contributed by atoms with van der Waals surface area (Å²) in [5, 5.41) is 9.30. The first kappa shape index (κ1) is 23.2. The lowest BCUT2D eigenvalue weighted by Crippen LogP contribution is -2.24. The molecule has 1 aromatic rings. The highest BCUT2D eigenvalue weighted by molar-refractivity contribution is 9.09. The van der Waals surface area contributed by atoms with Crippen molar-refractivity contribution in [1.29, 1.82) is 0 Å². The first-order valence-corrected chi connectivity index (χ1v) is 13.6. The number of hydrogen-bond donors (Lipinski definition) is 0. The van der Waals surface area contributed by atoms with Gasteiger partial charge in [-0.3, -0.25) is 0 Å². The van der Waals surface area contributed by atoms with Crippen LogP contribution >= 0.6 is 15.9 Å². The topological polar surface area (TPSA) is 25.8 Å². The number of halogens is 1. The van der Waals surface area contributed by atoms with Gasteiger partial charge in [-0.1, -0.05) is 81.1 Å². The molecule has 2 saturated carbocycles. The molecule has 164 valence electrons. The molecule has 0 bridgehead atoms. The molecule has 1 aromatic heterocycles. The van der Waals surface area contributed by atoms with Gasteiger partial charge < -0.3 is 0 Å². The second kappa shape index (κ2) is 12.4. The number of alkyl halides is 1. The number of unbranched alkanes of at least 4 members (excludes halogenated alkanes) is 2. The fourth-order valence-corrected chi connectivity index (χ4v) is 6.60. The van der Waals surface area contributed by atoms with Gasteiger partial charge in [0.2, 0.25) is 0 Å². The molecule has 2 nitrogen and oxygen atoms in total. The molecule has 29 heavy (non-hydrogen) atoms. The van der Waals surface area contributed by atoms with Gasteiger partial charge in [-0.2, -0.15) is 10.2 Å². The Morgan fingerprint density at radius 1 is 0.828 bits per heavy atom. The molecule has 0 spiro atoms. The minimum absolute atomic E-state index is 0.559. The third-order valence-electron chi connectivity index (χ3n) is 7.73. The van der Waals surface area contributed by atoms with Crippen LogP contribution in [0.2, 0.25) is 0 Å². The zero-order chi connectivity index (χ0) is 20.5. The van der Waals surface area contributed by atoms with E-state index in [0.29, 0.717) is 10.7 Å². The van der Waals surface area contributed by atoms with Crippen molar-refractivity contribution in [3.63, 3.8) is 0 Å². The summed E-state index contributed by atoms with van der Waals surface area (Å²) >= 11 is 3.99. The van der Waals surface area contributed by atoms with Crippen LogP contribution in [0.15, 0.2) is 12.1 Å². The third-order valence-corrected chi connectivity index (χ3v) is 8.80. The van der Waals surface area contributed by atoms with Gasteiger partial charge >= 0.3 is 0 Å². The van der Waals surface area contributed by atoms with Crippen LogP contribution in [0.4, 0.5) is 0 Å². The van der Waals surface area contributed by atoms with Crippen molar-refractivity contribution in [2.24, 2.45) is 17.8 Å². The number of hydrogen-bond acceptors (Lipinski definition) is 2. The molecular formula is C26H43BrN2. The second-order valence-electron chi connectivity index (χ2n) is 9.95. The fraction of sp³-hybridized carbons (Fsp3) is 0.846. The molecule has 0 N–H and O–H groups in total. The van der Waals surface area contributed by atoms with Gasteiger partial charge in [0.1, 0.15) is 0 Å². The van der Waals surface area contributed by atoms with Gasteiger partial charge in [0.15, 0.2) is 0 Å². The molecule has 1 atom stereocenters. The zero-order valence-electron chi connectivity index (χ0n) is 18.9. The Morgan fingerprint density at radius 3 is 2.14 bits per heavy atom. The van der Waals surface area contributed by atoms with E-state index in [9.17, 15) is 0 Å². The van der Waals surface area contributed by atoms with Crippen molar-refractivity contribution in [3.05, 3.63) is 23.5 Å². The van der Waals surface area contributed by atoms with E-state index in [1.54, 1.807) is 0 Å². The molecule has 0 amide bonds. The summed E-state index contributed by atoms with van der Waals surface area (Å²) in [4.78, 5) is 0.559. The van der Waals surface area contributed by atoms with Crippen molar-refractivity contribution in [3.8, 4) is 0 Å². The molecule has 2 aliphatic rings. The normalized spacial score (nSPS) is 28.9.